The summed E-state index contributed by atoms with van der Waals surface area (Å²) < 4.78 is 6.08. The molecule has 0 radical (unpaired) electrons. The average Bonchev–Trinajstić information content (AvgIpc) is 2.64. The SMILES string of the molecule is CCC(NC(C)(C)C)c1ccc(Oc2ccc(C(CC)NC(C)(C)C)cc2)cc1. The summed E-state index contributed by atoms with van der Waals surface area (Å²) in [6.45, 7) is 17.7. The van der Waals surface area contributed by atoms with E-state index >= 15 is 0 Å². The molecule has 160 valence electrons. The van der Waals surface area contributed by atoms with Gasteiger partial charge in [0.2, 0.25) is 0 Å². The maximum atomic E-state index is 6.08. The van der Waals surface area contributed by atoms with E-state index in [-0.39, 0.29) is 11.1 Å². The second-order valence-electron chi connectivity index (χ2n) is 9.95. The van der Waals surface area contributed by atoms with Crippen LogP contribution in [0.3, 0.4) is 0 Å². The van der Waals surface area contributed by atoms with Crippen molar-refractivity contribution < 1.29 is 4.74 Å². The van der Waals surface area contributed by atoms with Crippen LogP contribution >= 0.6 is 0 Å². The summed E-state index contributed by atoms with van der Waals surface area (Å²) in [5.41, 5.74) is 2.78. The Morgan fingerprint density at radius 1 is 0.621 bits per heavy atom. The molecule has 0 aromatic heterocycles. The predicted molar refractivity (Wildman–Crippen MR) is 125 cm³/mol. The molecule has 2 aromatic carbocycles. The van der Waals surface area contributed by atoms with Gasteiger partial charge in [-0.25, -0.2) is 0 Å². The van der Waals surface area contributed by atoms with Crippen molar-refractivity contribution in [2.75, 3.05) is 0 Å². The maximum Gasteiger partial charge on any atom is 0.127 e. The summed E-state index contributed by atoms with van der Waals surface area (Å²) in [6, 6.07) is 17.6. The van der Waals surface area contributed by atoms with Crippen LogP contribution in [0, 0.1) is 0 Å². The van der Waals surface area contributed by atoms with Gasteiger partial charge in [0.05, 0.1) is 0 Å². The van der Waals surface area contributed by atoms with Crippen LogP contribution in [0.4, 0.5) is 0 Å². The molecule has 2 unspecified atom stereocenters. The molecule has 2 aromatic rings. The van der Waals surface area contributed by atoms with E-state index in [4.69, 9.17) is 4.74 Å². The molecule has 3 nitrogen and oxygen atoms in total. The summed E-state index contributed by atoms with van der Waals surface area (Å²) >= 11 is 0. The second kappa shape index (κ2) is 9.77. The van der Waals surface area contributed by atoms with Crippen molar-refractivity contribution in [3.05, 3.63) is 59.7 Å². The lowest BCUT2D eigenvalue weighted by atomic mass is 9.99. The van der Waals surface area contributed by atoms with Crippen LogP contribution in [0.25, 0.3) is 0 Å². The Bertz CT molecular complexity index is 671. The van der Waals surface area contributed by atoms with E-state index in [2.05, 4.69) is 115 Å². The summed E-state index contributed by atoms with van der Waals surface area (Å²) in [4.78, 5) is 0. The van der Waals surface area contributed by atoms with Gasteiger partial charge >= 0.3 is 0 Å². The molecular weight excluding hydrogens is 356 g/mol. The van der Waals surface area contributed by atoms with Gasteiger partial charge in [0.1, 0.15) is 11.5 Å². The number of benzene rings is 2. The molecule has 29 heavy (non-hydrogen) atoms. The lowest BCUT2D eigenvalue weighted by molar-refractivity contribution is 0.357. The van der Waals surface area contributed by atoms with Crippen molar-refractivity contribution in [2.45, 2.75) is 91.4 Å². The van der Waals surface area contributed by atoms with Gasteiger partial charge in [0, 0.05) is 23.2 Å². The van der Waals surface area contributed by atoms with Gasteiger partial charge in [-0.2, -0.15) is 0 Å². The molecule has 0 aliphatic heterocycles. The van der Waals surface area contributed by atoms with Crippen LogP contribution in [0.5, 0.6) is 11.5 Å². The fraction of sp³-hybridized carbons (Fsp3) is 0.538. The molecule has 0 saturated carbocycles. The Morgan fingerprint density at radius 2 is 0.931 bits per heavy atom. The van der Waals surface area contributed by atoms with Crippen LogP contribution in [0.2, 0.25) is 0 Å². The molecule has 0 heterocycles. The van der Waals surface area contributed by atoms with Crippen molar-refractivity contribution in [1.29, 1.82) is 0 Å². The van der Waals surface area contributed by atoms with Crippen LogP contribution in [0.1, 0.15) is 91.4 Å². The monoisotopic (exact) mass is 396 g/mol. The van der Waals surface area contributed by atoms with Gasteiger partial charge in [-0.1, -0.05) is 38.1 Å². The van der Waals surface area contributed by atoms with Crippen LogP contribution in [-0.2, 0) is 0 Å². The zero-order valence-electron chi connectivity index (χ0n) is 19.6. The van der Waals surface area contributed by atoms with Crippen molar-refractivity contribution in [2.24, 2.45) is 0 Å². The minimum Gasteiger partial charge on any atom is -0.457 e. The first-order valence-electron chi connectivity index (χ1n) is 10.9. The topological polar surface area (TPSA) is 33.3 Å². The zero-order chi connectivity index (χ0) is 21.7. The van der Waals surface area contributed by atoms with E-state index in [1.165, 1.54) is 11.1 Å². The molecule has 0 amide bonds. The fourth-order valence-electron chi connectivity index (χ4n) is 3.56. The third kappa shape index (κ3) is 7.83. The van der Waals surface area contributed by atoms with Crippen LogP contribution in [0.15, 0.2) is 48.5 Å². The molecule has 0 spiro atoms. The first-order valence-corrected chi connectivity index (χ1v) is 10.9. The third-order valence-corrected chi connectivity index (χ3v) is 4.83. The van der Waals surface area contributed by atoms with Crippen molar-refractivity contribution >= 4 is 0 Å². The van der Waals surface area contributed by atoms with Gasteiger partial charge in [-0.15, -0.1) is 0 Å². The molecule has 2 rings (SSSR count). The molecule has 0 saturated heterocycles. The standard InChI is InChI=1S/C26H40N2O/c1-9-23(27-25(3,4)5)19-11-15-21(16-12-19)29-22-17-13-20(14-18-22)24(10-2)28-26(6,7)8/h11-18,23-24,27-28H,9-10H2,1-8H3. The van der Waals surface area contributed by atoms with Gasteiger partial charge in [-0.05, 0) is 89.8 Å². The lowest BCUT2D eigenvalue weighted by Crippen LogP contribution is -2.38. The zero-order valence-corrected chi connectivity index (χ0v) is 19.6. The summed E-state index contributed by atoms with van der Waals surface area (Å²) in [6.07, 6.45) is 2.11. The van der Waals surface area contributed by atoms with E-state index in [1.54, 1.807) is 0 Å². The highest BCUT2D eigenvalue weighted by Crippen LogP contribution is 2.28. The molecule has 0 aliphatic carbocycles. The number of nitrogens with one attached hydrogen (secondary N) is 2. The Morgan fingerprint density at radius 3 is 1.17 bits per heavy atom. The number of rotatable bonds is 8. The fourth-order valence-corrected chi connectivity index (χ4v) is 3.56. The van der Waals surface area contributed by atoms with Gasteiger partial charge in [0.25, 0.3) is 0 Å². The largest absolute Gasteiger partial charge is 0.457 e. The van der Waals surface area contributed by atoms with E-state index in [9.17, 15) is 0 Å². The predicted octanol–water partition coefficient (Wildman–Crippen LogP) is 7.16. The van der Waals surface area contributed by atoms with Crippen LogP contribution in [-0.4, -0.2) is 11.1 Å². The highest BCUT2D eigenvalue weighted by Gasteiger charge is 2.18. The first kappa shape index (κ1) is 23.4. The number of ether oxygens (including phenoxy) is 1. The van der Waals surface area contributed by atoms with E-state index < -0.39 is 0 Å². The number of hydrogen-bond donors (Lipinski definition) is 2. The minimum absolute atomic E-state index is 0.0930. The quantitative estimate of drug-likeness (QED) is 0.497. The summed E-state index contributed by atoms with van der Waals surface area (Å²) in [5, 5.41) is 7.37. The number of hydrogen-bond acceptors (Lipinski definition) is 3. The van der Waals surface area contributed by atoms with Gasteiger partial charge in [0.15, 0.2) is 0 Å². The van der Waals surface area contributed by atoms with Crippen molar-refractivity contribution in [3.8, 4) is 11.5 Å². The van der Waals surface area contributed by atoms with E-state index in [0.717, 1.165) is 24.3 Å². The Balaban J connectivity index is 2.05. The molecule has 2 N–H and O–H groups in total. The second-order valence-corrected chi connectivity index (χ2v) is 9.95. The first-order chi connectivity index (χ1) is 13.5. The summed E-state index contributed by atoms with van der Waals surface area (Å²) in [7, 11) is 0. The highest BCUT2D eigenvalue weighted by atomic mass is 16.5. The Kier molecular flexibility index (Phi) is 7.90. The molecular formula is C26H40N2O. The average molecular weight is 397 g/mol. The normalized spacial score (nSPS) is 14.5. The Hall–Kier alpha value is -1.84. The van der Waals surface area contributed by atoms with Gasteiger partial charge in [-0.3, -0.25) is 0 Å². The smallest absolute Gasteiger partial charge is 0.127 e. The maximum absolute atomic E-state index is 6.08. The van der Waals surface area contributed by atoms with Crippen molar-refractivity contribution in [1.82, 2.24) is 10.6 Å². The van der Waals surface area contributed by atoms with E-state index in [1.807, 2.05) is 0 Å². The highest BCUT2D eigenvalue weighted by molar-refractivity contribution is 5.36. The lowest BCUT2D eigenvalue weighted by Gasteiger charge is -2.28. The molecule has 3 heteroatoms. The van der Waals surface area contributed by atoms with E-state index in [0.29, 0.717) is 12.1 Å². The molecule has 0 fully saturated rings. The molecule has 0 bridgehead atoms. The van der Waals surface area contributed by atoms with Crippen molar-refractivity contribution in [3.63, 3.8) is 0 Å². The van der Waals surface area contributed by atoms with Gasteiger partial charge < -0.3 is 15.4 Å². The Labute approximate surface area is 178 Å². The summed E-state index contributed by atoms with van der Waals surface area (Å²) in [5.74, 6) is 1.74. The van der Waals surface area contributed by atoms with Crippen LogP contribution < -0.4 is 15.4 Å². The third-order valence-electron chi connectivity index (χ3n) is 4.83. The molecule has 0 aliphatic rings. The molecule has 2 atom stereocenters. The minimum atomic E-state index is 0.0930.